The maximum absolute atomic E-state index is 11.9. The van der Waals surface area contributed by atoms with Crippen LogP contribution in [-0.4, -0.2) is 76.1 Å². The van der Waals surface area contributed by atoms with Crippen LogP contribution >= 0.6 is 0 Å². The molecule has 1 saturated heterocycles. The monoisotopic (exact) mass is 446 g/mol. The van der Waals surface area contributed by atoms with E-state index < -0.39 is 36.5 Å². The van der Waals surface area contributed by atoms with E-state index in [0.29, 0.717) is 16.9 Å². The van der Waals surface area contributed by atoms with E-state index in [4.69, 9.17) is 16.2 Å². The van der Waals surface area contributed by atoms with E-state index in [1.165, 1.54) is 23.5 Å². The van der Waals surface area contributed by atoms with E-state index in [-0.39, 0.29) is 24.7 Å². The van der Waals surface area contributed by atoms with Gasteiger partial charge >= 0.3 is 6.03 Å². The van der Waals surface area contributed by atoms with Crippen LogP contribution in [0.25, 0.3) is 11.2 Å². The molecule has 170 valence electrons. The Balaban J connectivity index is 1.40. The Kier molecular flexibility index (Phi) is 5.70. The summed E-state index contributed by atoms with van der Waals surface area (Å²) in [5.74, 6) is -0.508. The minimum atomic E-state index is -1.23. The van der Waals surface area contributed by atoms with Crippen molar-refractivity contribution in [3.63, 3.8) is 0 Å². The molecule has 0 spiro atoms. The predicted octanol–water partition coefficient (Wildman–Crippen LogP) is -2.41. The van der Waals surface area contributed by atoms with Gasteiger partial charge in [-0.15, -0.1) is 0 Å². The van der Waals surface area contributed by atoms with E-state index in [9.17, 15) is 19.8 Å². The number of aromatic nitrogens is 6. The Bertz CT molecular complexity index is 1160. The van der Waals surface area contributed by atoms with Crippen molar-refractivity contribution in [3.8, 4) is 0 Å². The van der Waals surface area contributed by atoms with Gasteiger partial charge in [-0.3, -0.25) is 20.0 Å². The van der Waals surface area contributed by atoms with Crippen LogP contribution in [0, 0.1) is 6.92 Å². The van der Waals surface area contributed by atoms with E-state index in [0.717, 1.165) is 0 Å². The molecule has 15 nitrogen and oxygen atoms in total. The topological polar surface area (TPSA) is 221 Å². The highest BCUT2D eigenvalue weighted by molar-refractivity contribution is 6.03. The van der Waals surface area contributed by atoms with Crippen LogP contribution in [0.4, 0.5) is 10.6 Å². The highest BCUT2D eigenvalue weighted by atomic mass is 16.6. The SMILES string of the molecule is Cc1c(C(=O)NC(N)=O)ncn1CNCC1OC(n2cnc3c(N)ncnc32)C(O)C1O. The summed E-state index contributed by atoms with van der Waals surface area (Å²) in [6, 6.07) is -0.970. The molecule has 4 unspecified atom stereocenters. The molecule has 32 heavy (non-hydrogen) atoms. The van der Waals surface area contributed by atoms with Crippen molar-refractivity contribution in [2.45, 2.75) is 38.1 Å². The first kappa shape index (κ1) is 21.6. The Morgan fingerprint density at radius 3 is 2.72 bits per heavy atom. The molecule has 0 aliphatic carbocycles. The minimum Gasteiger partial charge on any atom is -0.387 e. The average molecular weight is 446 g/mol. The van der Waals surface area contributed by atoms with E-state index >= 15 is 0 Å². The molecule has 0 radical (unpaired) electrons. The third-order valence-corrected chi connectivity index (χ3v) is 5.18. The quantitative estimate of drug-likeness (QED) is 0.234. The lowest BCUT2D eigenvalue weighted by Crippen LogP contribution is -2.38. The summed E-state index contributed by atoms with van der Waals surface area (Å²) in [5, 5.41) is 26.0. The van der Waals surface area contributed by atoms with Crippen molar-refractivity contribution in [2.24, 2.45) is 5.73 Å². The van der Waals surface area contributed by atoms with Gasteiger partial charge in [0.25, 0.3) is 5.91 Å². The number of aliphatic hydroxyl groups excluding tert-OH is 2. The van der Waals surface area contributed by atoms with Gasteiger partial charge in [0.05, 0.1) is 19.3 Å². The number of imidazole rings is 2. The highest BCUT2D eigenvalue weighted by Gasteiger charge is 2.44. The van der Waals surface area contributed by atoms with Gasteiger partial charge in [0.2, 0.25) is 0 Å². The Hall–Kier alpha value is -3.66. The number of nitrogens with two attached hydrogens (primary N) is 2. The number of carbonyl (C=O) groups excluding carboxylic acids is 2. The molecule has 3 aromatic heterocycles. The van der Waals surface area contributed by atoms with E-state index in [2.05, 4.69) is 25.3 Å². The van der Waals surface area contributed by atoms with E-state index in [1.54, 1.807) is 11.5 Å². The molecule has 3 aromatic rings. The highest BCUT2D eigenvalue weighted by Crippen LogP contribution is 2.31. The zero-order valence-corrected chi connectivity index (χ0v) is 16.9. The number of hydrogen-bond donors (Lipinski definition) is 6. The standard InChI is InChI=1S/C17H22N10O5/c1-7-9(15(30)25-17(19)31)23-5-26(7)4-20-2-8-11(28)12(29)16(32-8)27-6-24-10-13(18)21-3-22-14(10)27/h3,5-6,8,11-12,16,20,28-29H,2,4H2,1H3,(H2,18,21,22)(H3,19,25,30,31). The van der Waals surface area contributed by atoms with E-state index in [1.807, 2.05) is 5.32 Å². The van der Waals surface area contributed by atoms with Crippen LogP contribution in [0.2, 0.25) is 0 Å². The van der Waals surface area contributed by atoms with Crippen LogP contribution in [-0.2, 0) is 11.4 Å². The molecule has 0 saturated carbocycles. The molecular weight excluding hydrogens is 424 g/mol. The van der Waals surface area contributed by atoms with Gasteiger partial charge in [-0.25, -0.2) is 24.7 Å². The molecule has 0 bridgehead atoms. The Morgan fingerprint density at radius 1 is 1.19 bits per heavy atom. The smallest absolute Gasteiger partial charge is 0.319 e. The zero-order valence-electron chi connectivity index (χ0n) is 16.9. The number of nitrogen functional groups attached to an aromatic ring is 1. The minimum absolute atomic E-state index is 0.0616. The third kappa shape index (κ3) is 3.84. The number of aliphatic hydroxyl groups is 2. The lowest BCUT2D eigenvalue weighted by molar-refractivity contribution is -0.0345. The number of nitrogens with one attached hydrogen (secondary N) is 2. The molecule has 0 aromatic carbocycles. The van der Waals surface area contributed by atoms with Crippen LogP contribution < -0.4 is 22.1 Å². The van der Waals surface area contributed by atoms with Crippen LogP contribution in [0.5, 0.6) is 0 Å². The van der Waals surface area contributed by atoms with Crippen LogP contribution in [0.1, 0.15) is 22.4 Å². The number of anilines is 1. The fourth-order valence-corrected chi connectivity index (χ4v) is 3.51. The summed E-state index contributed by atoms with van der Waals surface area (Å²) >= 11 is 0. The maximum Gasteiger partial charge on any atom is 0.319 e. The number of rotatable bonds is 6. The number of urea groups is 1. The van der Waals surface area contributed by atoms with Crippen LogP contribution in [0.15, 0.2) is 19.0 Å². The fourth-order valence-electron chi connectivity index (χ4n) is 3.51. The van der Waals surface area contributed by atoms with Crippen molar-refractivity contribution in [1.29, 1.82) is 0 Å². The first-order valence-corrected chi connectivity index (χ1v) is 9.55. The first-order valence-electron chi connectivity index (χ1n) is 9.55. The summed E-state index contributed by atoms with van der Waals surface area (Å²) in [4.78, 5) is 38.9. The summed E-state index contributed by atoms with van der Waals surface area (Å²) in [7, 11) is 0. The second-order valence-corrected chi connectivity index (χ2v) is 7.21. The van der Waals surface area contributed by atoms with Gasteiger partial charge in [-0.05, 0) is 6.92 Å². The summed E-state index contributed by atoms with van der Waals surface area (Å²) in [6.07, 6.45) is 0.0454. The zero-order chi connectivity index (χ0) is 23.0. The average Bonchev–Trinajstić information content (AvgIpc) is 3.40. The summed E-state index contributed by atoms with van der Waals surface area (Å²) in [5.41, 5.74) is 12.0. The number of imide groups is 1. The number of hydrogen-bond acceptors (Lipinski definition) is 11. The fraction of sp³-hybridized carbons (Fsp3) is 0.412. The molecule has 15 heteroatoms. The van der Waals surface area contributed by atoms with Crippen molar-refractivity contribution in [1.82, 2.24) is 39.7 Å². The number of carbonyl (C=O) groups is 2. The largest absolute Gasteiger partial charge is 0.387 e. The molecule has 4 atom stereocenters. The molecular formula is C17H22N10O5. The predicted molar refractivity (Wildman–Crippen MR) is 108 cm³/mol. The normalized spacial score (nSPS) is 23.0. The molecule has 4 rings (SSSR count). The second-order valence-electron chi connectivity index (χ2n) is 7.21. The number of ether oxygens (including phenoxy) is 1. The maximum atomic E-state index is 11.9. The molecule has 1 fully saturated rings. The lowest BCUT2D eigenvalue weighted by atomic mass is 10.1. The number of fused-ring (bicyclic) bond motifs is 1. The molecule has 3 amide bonds. The first-order chi connectivity index (χ1) is 15.3. The van der Waals surface area contributed by atoms with Gasteiger partial charge in [-0.2, -0.15) is 0 Å². The number of amides is 3. The summed E-state index contributed by atoms with van der Waals surface area (Å²) < 4.78 is 8.98. The number of primary amides is 1. The molecule has 8 N–H and O–H groups in total. The van der Waals surface area contributed by atoms with Crippen molar-refractivity contribution >= 4 is 28.9 Å². The van der Waals surface area contributed by atoms with Crippen molar-refractivity contribution < 1.29 is 24.5 Å². The van der Waals surface area contributed by atoms with Crippen molar-refractivity contribution in [2.75, 3.05) is 12.3 Å². The Morgan fingerprint density at radius 2 is 1.97 bits per heavy atom. The summed E-state index contributed by atoms with van der Waals surface area (Å²) in [6.45, 7) is 2.07. The van der Waals surface area contributed by atoms with Gasteiger partial charge in [-0.1, -0.05) is 0 Å². The Labute approximate surface area is 180 Å². The van der Waals surface area contributed by atoms with Gasteiger partial charge in [0, 0.05) is 12.2 Å². The van der Waals surface area contributed by atoms with Gasteiger partial charge in [0.15, 0.2) is 17.7 Å². The molecule has 1 aliphatic heterocycles. The number of nitrogens with zero attached hydrogens (tertiary/aromatic N) is 6. The second kappa shape index (κ2) is 8.46. The third-order valence-electron chi connectivity index (χ3n) is 5.18. The van der Waals surface area contributed by atoms with Crippen LogP contribution in [0.3, 0.4) is 0 Å². The molecule has 1 aliphatic rings. The van der Waals surface area contributed by atoms with Gasteiger partial charge < -0.3 is 31.0 Å². The van der Waals surface area contributed by atoms with Gasteiger partial charge in [0.1, 0.15) is 35.8 Å². The lowest BCUT2D eigenvalue weighted by Gasteiger charge is -2.16. The molecule has 4 heterocycles. The van der Waals surface area contributed by atoms with Crippen molar-refractivity contribution in [3.05, 3.63) is 30.4 Å².